The van der Waals surface area contributed by atoms with E-state index < -0.39 is 23.7 Å². The molecule has 144 valence electrons. The average molecular weight is 377 g/mol. The molecule has 7 heteroatoms. The van der Waals surface area contributed by atoms with E-state index in [0.29, 0.717) is 5.75 Å². The predicted octanol–water partition coefficient (Wildman–Crippen LogP) is 3.34. The number of amides is 1. The van der Waals surface area contributed by atoms with Gasteiger partial charge in [-0.15, -0.1) is 0 Å². The zero-order valence-corrected chi connectivity index (χ0v) is 15.1. The third-order valence-electron chi connectivity index (χ3n) is 3.72. The van der Waals surface area contributed by atoms with Crippen molar-refractivity contribution in [2.75, 3.05) is 13.2 Å². The van der Waals surface area contributed by atoms with E-state index in [1.165, 1.54) is 48.5 Å². The summed E-state index contributed by atoms with van der Waals surface area (Å²) < 4.78 is 36.3. The molecule has 0 unspecified atom stereocenters. The van der Waals surface area contributed by atoms with Crippen LogP contribution in [0.25, 0.3) is 0 Å². The first-order valence-corrected chi connectivity index (χ1v) is 8.48. The van der Waals surface area contributed by atoms with Crippen molar-refractivity contribution in [2.45, 2.75) is 19.9 Å². The van der Waals surface area contributed by atoms with E-state index in [-0.39, 0.29) is 30.5 Å². The predicted molar refractivity (Wildman–Crippen MR) is 95.3 cm³/mol. The Morgan fingerprint density at radius 1 is 0.926 bits per heavy atom. The van der Waals surface area contributed by atoms with Crippen LogP contribution in [0.2, 0.25) is 0 Å². The highest BCUT2D eigenvalue weighted by Gasteiger charge is 2.26. The van der Waals surface area contributed by atoms with Crippen molar-refractivity contribution >= 4 is 11.9 Å². The van der Waals surface area contributed by atoms with Crippen molar-refractivity contribution in [3.05, 3.63) is 65.7 Å². The Balaban J connectivity index is 1.84. The third-order valence-corrected chi connectivity index (χ3v) is 3.72. The monoisotopic (exact) mass is 377 g/mol. The quantitative estimate of drug-likeness (QED) is 0.566. The average Bonchev–Trinajstić information content (AvgIpc) is 2.64. The first-order chi connectivity index (χ1) is 12.9. The zero-order chi connectivity index (χ0) is 19.8. The normalized spacial score (nSPS) is 11.7. The van der Waals surface area contributed by atoms with Gasteiger partial charge < -0.3 is 14.8 Å². The topological polar surface area (TPSA) is 64.6 Å². The molecule has 1 N–H and O–H groups in total. The fourth-order valence-electron chi connectivity index (χ4n) is 2.25. The molecule has 0 saturated carbocycles. The van der Waals surface area contributed by atoms with Gasteiger partial charge in [0.1, 0.15) is 36.6 Å². The van der Waals surface area contributed by atoms with Crippen LogP contribution in [0.4, 0.5) is 8.78 Å². The van der Waals surface area contributed by atoms with Crippen molar-refractivity contribution in [2.24, 2.45) is 5.92 Å². The molecule has 0 aliphatic carbocycles. The second-order valence-corrected chi connectivity index (χ2v) is 6.17. The van der Waals surface area contributed by atoms with Gasteiger partial charge in [0.15, 0.2) is 0 Å². The second-order valence-electron chi connectivity index (χ2n) is 6.17. The minimum atomic E-state index is -0.853. The molecule has 0 fully saturated rings. The summed E-state index contributed by atoms with van der Waals surface area (Å²) in [7, 11) is 0. The smallest absolute Gasteiger partial charge is 0.329 e. The number of nitrogens with one attached hydrogen (secondary N) is 1. The van der Waals surface area contributed by atoms with Crippen LogP contribution in [0.1, 0.15) is 24.2 Å². The maximum Gasteiger partial charge on any atom is 0.329 e. The lowest BCUT2D eigenvalue weighted by molar-refractivity contribution is -0.147. The number of carbonyl (C=O) groups excluding carboxylic acids is 2. The molecule has 0 heterocycles. The summed E-state index contributed by atoms with van der Waals surface area (Å²) in [5.41, 5.74) is 0.245. The third kappa shape index (κ3) is 6.36. The van der Waals surface area contributed by atoms with E-state index in [9.17, 15) is 18.4 Å². The molecular formula is C20H21F2NO4. The molecule has 2 rings (SSSR count). The fraction of sp³-hybridized carbons (Fsp3) is 0.300. The molecule has 1 atom stereocenters. The van der Waals surface area contributed by atoms with Crippen LogP contribution in [0.15, 0.2) is 48.5 Å². The number of hydrogen-bond donors (Lipinski definition) is 1. The van der Waals surface area contributed by atoms with Gasteiger partial charge in [0.2, 0.25) is 0 Å². The van der Waals surface area contributed by atoms with Crippen LogP contribution in [0.3, 0.4) is 0 Å². The largest absolute Gasteiger partial charge is 0.490 e. The fourth-order valence-corrected chi connectivity index (χ4v) is 2.25. The van der Waals surface area contributed by atoms with E-state index in [0.717, 1.165) is 0 Å². The Morgan fingerprint density at radius 2 is 1.48 bits per heavy atom. The van der Waals surface area contributed by atoms with Crippen molar-refractivity contribution in [3.63, 3.8) is 0 Å². The lowest BCUT2D eigenvalue weighted by atomic mass is 10.0. The molecule has 0 aliphatic heterocycles. The van der Waals surface area contributed by atoms with Crippen LogP contribution in [0.5, 0.6) is 5.75 Å². The SMILES string of the molecule is CC(C)[C@H](NC(=O)c1ccc(F)cc1)C(=O)OCCOc1ccc(F)cc1. The maximum atomic E-state index is 12.9. The molecule has 0 aliphatic rings. The molecule has 5 nitrogen and oxygen atoms in total. The van der Waals surface area contributed by atoms with Crippen molar-refractivity contribution in [3.8, 4) is 5.75 Å². The van der Waals surface area contributed by atoms with Crippen molar-refractivity contribution < 1.29 is 27.8 Å². The number of carbonyl (C=O) groups is 2. The highest BCUT2D eigenvalue weighted by atomic mass is 19.1. The van der Waals surface area contributed by atoms with Gasteiger partial charge >= 0.3 is 5.97 Å². The molecule has 2 aromatic rings. The van der Waals surface area contributed by atoms with Gasteiger partial charge in [-0.05, 0) is 54.4 Å². The number of esters is 1. The van der Waals surface area contributed by atoms with Gasteiger partial charge in [0, 0.05) is 5.56 Å². The highest BCUT2D eigenvalue weighted by Crippen LogP contribution is 2.11. The molecule has 1 amide bonds. The standard InChI is InChI=1S/C20H21F2NO4/c1-13(2)18(23-19(24)14-3-5-15(21)6-4-14)20(25)27-12-11-26-17-9-7-16(22)8-10-17/h3-10,13,18H,11-12H2,1-2H3,(H,23,24)/t18-/m0/s1. The number of ether oxygens (including phenoxy) is 2. The summed E-state index contributed by atoms with van der Waals surface area (Å²) in [6.07, 6.45) is 0. The van der Waals surface area contributed by atoms with Gasteiger partial charge in [-0.25, -0.2) is 13.6 Å². The Morgan fingerprint density at radius 3 is 2.04 bits per heavy atom. The van der Waals surface area contributed by atoms with Gasteiger partial charge in [0.25, 0.3) is 5.91 Å². The van der Waals surface area contributed by atoms with E-state index in [2.05, 4.69) is 5.32 Å². The van der Waals surface area contributed by atoms with E-state index in [4.69, 9.17) is 9.47 Å². The van der Waals surface area contributed by atoms with Crippen molar-refractivity contribution in [1.82, 2.24) is 5.32 Å². The van der Waals surface area contributed by atoms with Gasteiger partial charge in [-0.2, -0.15) is 0 Å². The number of halogens is 2. The first kappa shape index (κ1) is 20.4. The summed E-state index contributed by atoms with van der Waals surface area (Å²) in [5.74, 6) is -1.66. The molecule has 0 radical (unpaired) electrons. The van der Waals surface area contributed by atoms with Gasteiger partial charge in [0.05, 0.1) is 0 Å². The van der Waals surface area contributed by atoms with E-state index in [1.807, 2.05) is 0 Å². The second kappa shape index (κ2) is 9.66. The Kier molecular flexibility index (Phi) is 7.28. The van der Waals surface area contributed by atoms with E-state index >= 15 is 0 Å². The minimum absolute atomic E-state index is 0.0220. The van der Waals surface area contributed by atoms with Gasteiger partial charge in [-0.3, -0.25) is 4.79 Å². The minimum Gasteiger partial charge on any atom is -0.490 e. The van der Waals surface area contributed by atoms with Crippen LogP contribution >= 0.6 is 0 Å². The molecule has 0 bridgehead atoms. The summed E-state index contributed by atoms with van der Waals surface area (Å²) in [4.78, 5) is 24.5. The zero-order valence-electron chi connectivity index (χ0n) is 15.1. The van der Waals surface area contributed by atoms with Gasteiger partial charge in [-0.1, -0.05) is 13.8 Å². The molecule has 0 aromatic heterocycles. The van der Waals surface area contributed by atoms with Crippen LogP contribution < -0.4 is 10.1 Å². The van der Waals surface area contributed by atoms with Crippen LogP contribution in [-0.4, -0.2) is 31.1 Å². The lowest BCUT2D eigenvalue weighted by Crippen LogP contribution is -2.45. The Bertz CT molecular complexity index is 761. The summed E-state index contributed by atoms with van der Waals surface area (Å²) in [5, 5.41) is 2.60. The Labute approximate surface area is 156 Å². The summed E-state index contributed by atoms with van der Waals surface area (Å²) in [6, 6.07) is 9.63. The lowest BCUT2D eigenvalue weighted by Gasteiger charge is -2.21. The first-order valence-electron chi connectivity index (χ1n) is 8.48. The van der Waals surface area contributed by atoms with Crippen LogP contribution in [-0.2, 0) is 9.53 Å². The molecular weight excluding hydrogens is 356 g/mol. The van der Waals surface area contributed by atoms with Crippen molar-refractivity contribution in [1.29, 1.82) is 0 Å². The number of benzene rings is 2. The summed E-state index contributed by atoms with van der Waals surface area (Å²) >= 11 is 0. The molecule has 0 saturated heterocycles. The summed E-state index contributed by atoms with van der Waals surface area (Å²) in [6.45, 7) is 3.61. The number of rotatable bonds is 8. The molecule has 27 heavy (non-hydrogen) atoms. The highest BCUT2D eigenvalue weighted by molar-refractivity contribution is 5.96. The maximum absolute atomic E-state index is 12.9. The Hall–Kier alpha value is -2.96. The molecule has 2 aromatic carbocycles. The molecule has 0 spiro atoms. The number of hydrogen-bond acceptors (Lipinski definition) is 4. The van der Waals surface area contributed by atoms with E-state index in [1.54, 1.807) is 13.8 Å². The van der Waals surface area contributed by atoms with Crippen LogP contribution in [0, 0.1) is 17.6 Å².